The van der Waals surface area contributed by atoms with E-state index in [1.807, 2.05) is 0 Å². The number of hydrogen-bond acceptors (Lipinski definition) is 2. The van der Waals surface area contributed by atoms with Crippen molar-refractivity contribution in [1.29, 1.82) is 0 Å². The minimum Gasteiger partial charge on any atom is -0.384 e. The zero-order chi connectivity index (χ0) is 12.5. The second kappa shape index (κ2) is 4.69. The summed E-state index contributed by atoms with van der Waals surface area (Å²) in [6.45, 7) is 8.99. The van der Waals surface area contributed by atoms with Gasteiger partial charge in [-0.05, 0) is 44.9 Å². The molecule has 0 aliphatic carbocycles. The molecule has 1 aromatic carbocycles. The first-order chi connectivity index (χ1) is 8.04. The summed E-state index contributed by atoms with van der Waals surface area (Å²) in [5.74, 6) is 0. The Morgan fingerprint density at radius 2 is 2.12 bits per heavy atom. The van der Waals surface area contributed by atoms with E-state index < -0.39 is 0 Å². The Bertz CT molecular complexity index is 396. The molecule has 2 heteroatoms. The third-order valence-electron chi connectivity index (χ3n) is 4.24. The fourth-order valence-corrected chi connectivity index (χ4v) is 2.28. The fourth-order valence-electron chi connectivity index (χ4n) is 2.28. The van der Waals surface area contributed by atoms with Crippen molar-refractivity contribution in [3.8, 4) is 0 Å². The van der Waals surface area contributed by atoms with Crippen LogP contribution in [0.5, 0.6) is 0 Å². The average molecular weight is 232 g/mol. The summed E-state index contributed by atoms with van der Waals surface area (Å²) in [5.41, 5.74) is 4.56. The van der Waals surface area contributed by atoms with Gasteiger partial charge in [-0.15, -0.1) is 0 Å². The SMILES string of the molecule is CCC(C)(C)N(C)Cc1cccc2c1NCC2. The van der Waals surface area contributed by atoms with Gasteiger partial charge in [0.15, 0.2) is 0 Å². The fraction of sp³-hybridized carbons (Fsp3) is 0.600. The Kier molecular flexibility index (Phi) is 3.43. The van der Waals surface area contributed by atoms with Crippen molar-refractivity contribution in [2.45, 2.75) is 45.7 Å². The number of benzene rings is 1. The highest BCUT2D eigenvalue weighted by molar-refractivity contribution is 5.61. The van der Waals surface area contributed by atoms with Gasteiger partial charge in [0.05, 0.1) is 0 Å². The molecule has 94 valence electrons. The summed E-state index contributed by atoms with van der Waals surface area (Å²) < 4.78 is 0. The van der Waals surface area contributed by atoms with E-state index in [1.165, 1.54) is 29.7 Å². The van der Waals surface area contributed by atoms with E-state index in [1.54, 1.807) is 0 Å². The molecule has 2 nitrogen and oxygen atoms in total. The smallest absolute Gasteiger partial charge is 0.0419 e. The molecule has 1 aromatic rings. The van der Waals surface area contributed by atoms with Crippen molar-refractivity contribution in [3.63, 3.8) is 0 Å². The van der Waals surface area contributed by atoms with Gasteiger partial charge in [-0.2, -0.15) is 0 Å². The number of nitrogens with one attached hydrogen (secondary N) is 1. The second-order valence-corrected chi connectivity index (χ2v) is 5.65. The zero-order valence-electron chi connectivity index (χ0n) is 11.5. The molecule has 17 heavy (non-hydrogen) atoms. The lowest BCUT2D eigenvalue weighted by Gasteiger charge is -2.35. The van der Waals surface area contributed by atoms with Crippen LogP contribution in [0.25, 0.3) is 0 Å². The molecule has 0 radical (unpaired) electrons. The largest absolute Gasteiger partial charge is 0.384 e. The van der Waals surface area contributed by atoms with Crippen LogP contribution in [0.15, 0.2) is 18.2 Å². The zero-order valence-corrected chi connectivity index (χ0v) is 11.5. The van der Waals surface area contributed by atoms with Crippen LogP contribution in [0.3, 0.4) is 0 Å². The van der Waals surface area contributed by atoms with Gasteiger partial charge >= 0.3 is 0 Å². The highest BCUT2D eigenvalue weighted by atomic mass is 15.2. The van der Waals surface area contributed by atoms with E-state index in [0.717, 1.165) is 13.1 Å². The molecule has 0 aromatic heterocycles. The summed E-state index contributed by atoms with van der Waals surface area (Å²) >= 11 is 0. The molecule has 0 spiro atoms. The average Bonchev–Trinajstić information content (AvgIpc) is 2.78. The first-order valence-electron chi connectivity index (χ1n) is 6.60. The highest BCUT2D eigenvalue weighted by Gasteiger charge is 2.23. The molecule has 0 amide bonds. The van der Waals surface area contributed by atoms with Gasteiger partial charge in [-0.25, -0.2) is 0 Å². The van der Waals surface area contributed by atoms with Crippen molar-refractivity contribution >= 4 is 5.69 Å². The van der Waals surface area contributed by atoms with Crippen molar-refractivity contribution in [2.24, 2.45) is 0 Å². The van der Waals surface area contributed by atoms with E-state index in [9.17, 15) is 0 Å². The Hall–Kier alpha value is -1.02. The van der Waals surface area contributed by atoms with E-state index >= 15 is 0 Å². The maximum Gasteiger partial charge on any atom is 0.0419 e. The Morgan fingerprint density at radius 3 is 2.82 bits per heavy atom. The number of anilines is 1. The number of hydrogen-bond donors (Lipinski definition) is 1. The summed E-state index contributed by atoms with van der Waals surface area (Å²) in [5, 5.41) is 3.52. The molecule has 0 bridgehead atoms. The van der Waals surface area contributed by atoms with E-state index in [0.29, 0.717) is 0 Å². The number of nitrogens with zero attached hydrogens (tertiary/aromatic N) is 1. The van der Waals surface area contributed by atoms with Crippen LogP contribution in [-0.2, 0) is 13.0 Å². The molecule has 1 aliphatic rings. The van der Waals surface area contributed by atoms with E-state index in [-0.39, 0.29) is 5.54 Å². The summed E-state index contributed by atoms with van der Waals surface area (Å²) in [6, 6.07) is 6.68. The van der Waals surface area contributed by atoms with Gasteiger partial charge in [0.25, 0.3) is 0 Å². The van der Waals surface area contributed by atoms with Gasteiger partial charge in [0.1, 0.15) is 0 Å². The van der Waals surface area contributed by atoms with Gasteiger partial charge < -0.3 is 5.32 Å². The first kappa shape index (κ1) is 12.4. The highest BCUT2D eigenvalue weighted by Crippen LogP contribution is 2.29. The normalized spacial score (nSPS) is 14.9. The minimum absolute atomic E-state index is 0.265. The van der Waals surface area contributed by atoms with Crippen LogP contribution >= 0.6 is 0 Å². The molecule has 0 unspecified atom stereocenters. The van der Waals surface area contributed by atoms with Crippen molar-refractivity contribution in [2.75, 3.05) is 18.9 Å². The molecule has 1 aliphatic heterocycles. The van der Waals surface area contributed by atoms with Crippen LogP contribution in [0.2, 0.25) is 0 Å². The third-order valence-corrected chi connectivity index (χ3v) is 4.24. The number of rotatable bonds is 4. The molecule has 0 fully saturated rings. The van der Waals surface area contributed by atoms with E-state index in [2.05, 4.69) is 56.2 Å². The molecular weight excluding hydrogens is 208 g/mol. The molecule has 0 saturated heterocycles. The van der Waals surface area contributed by atoms with Crippen LogP contribution < -0.4 is 5.32 Å². The van der Waals surface area contributed by atoms with Gasteiger partial charge in [-0.3, -0.25) is 4.90 Å². The number of fused-ring (bicyclic) bond motifs is 1. The minimum atomic E-state index is 0.265. The van der Waals surface area contributed by atoms with Crippen LogP contribution in [0.4, 0.5) is 5.69 Å². The summed E-state index contributed by atoms with van der Waals surface area (Å²) in [7, 11) is 2.22. The predicted molar refractivity (Wildman–Crippen MR) is 74.5 cm³/mol. The van der Waals surface area contributed by atoms with Crippen molar-refractivity contribution in [3.05, 3.63) is 29.3 Å². The monoisotopic (exact) mass is 232 g/mol. The maximum absolute atomic E-state index is 3.52. The van der Waals surface area contributed by atoms with Gasteiger partial charge in [-0.1, -0.05) is 25.1 Å². The van der Waals surface area contributed by atoms with Crippen molar-refractivity contribution < 1.29 is 0 Å². The maximum atomic E-state index is 3.52. The second-order valence-electron chi connectivity index (χ2n) is 5.65. The molecule has 0 atom stereocenters. The topological polar surface area (TPSA) is 15.3 Å². The summed E-state index contributed by atoms with van der Waals surface area (Å²) in [6.07, 6.45) is 2.34. The van der Waals surface area contributed by atoms with Gasteiger partial charge in [0.2, 0.25) is 0 Å². The van der Waals surface area contributed by atoms with Crippen LogP contribution in [0.1, 0.15) is 38.3 Å². The molecule has 1 N–H and O–H groups in total. The lowest BCUT2D eigenvalue weighted by molar-refractivity contribution is 0.143. The molecule has 0 saturated carbocycles. The van der Waals surface area contributed by atoms with Crippen LogP contribution in [0, 0.1) is 0 Å². The van der Waals surface area contributed by atoms with Crippen molar-refractivity contribution in [1.82, 2.24) is 4.90 Å². The lowest BCUT2D eigenvalue weighted by atomic mass is 9.98. The predicted octanol–water partition coefficient (Wildman–Crippen LogP) is 3.28. The standard InChI is InChI=1S/C15H24N2/c1-5-15(2,3)17(4)11-13-8-6-7-12-9-10-16-14(12)13/h6-8,16H,5,9-11H2,1-4H3. The number of para-hydroxylation sites is 1. The molecule has 2 rings (SSSR count). The first-order valence-corrected chi connectivity index (χ1v) is 6.60. The Labute approximate surface area is 105 Å². The quantitative estimate of drug-likeness (QED) is 0.857. The molecular formula is C15H24N2. The third kappa shape index (κ3) is 2.47. The Balaban J connectivity index is 2.17. The van der Waals surface area contributed by atoms with Gasteiger partial charge in [0, 0.05) is 24.3 Å². The summed E-state index contributed by atoms with van der Waals surface area (Å²) in [4.78, 5) is 2.45. The lowest BCUT2D eigenvalue weighted by Crippen LogP contribution is -2.39. The van der Waals surface area contributed by atoms with E-state index in [4.69, 9.17) is 0 Å². The molecule has 1 heterocycles. The van der Waals surface area contributed by atoms with Crippen LogP contribution in [-0.4, -0.2) is 24.0 Å². The Morgan fingerprint density at radius 1 is 1.35 bits per heavy atom.